The predicted octanol–water partition coefficient (Wildman–Crippen LogP) is 3.51. The normalized spacial score (nSPS) is 9.12. The molecule has 0 radical (unpaired) electrons. The molecule has 0 aliphatic carbocycles. The van der Waals surface area contributed by atoms with Gasteiger partial charge in [-0.05, 0) is 65.8 Å². The molecule has 0 aliphatic rings. The fraction of sp³-hybridized carbons (Fsp3) is 0.235. The van der Waals surface area contributed by atoms with Crippen LogP contribution in [0.2, 0.25) is 0 Å². The Morgan fingerprint density at radius 1 is 0.562 bits per heavy atom. The number of imide groups is 1. The van der Waals surface area contributed by atoms with Gasteiger partial charge in [0, 0.05) is 33.4 Å². The molecule has 14 heteroatoms. The molecule has 0 saturated carbocycles. The lowest BCUT2D eigenvalue weighted by molar-refractivity contribution is -0.161. The Bertz CT molecular complexity index is 1490. The summed E-state index contributed by atoms with van der Waals surface area (Å²) in [5.74, 6) is -4.61. The highest BCUT2D eigenvalue weighted by atomic mass is 16.7. The van der Waals surface area contributed by atoms with Crippen LogP contribution in [0, 0.1) is 0 Å². The van der Waals surface area contributed by atoms with Crippen molar-refractivity contribution in [1.29, 1.82) is 0 Å². The van der Waals surface area contributed by atoms with E-state index in [0.29, 0.717) is 5.57 Å². The van der Waals surface area contributed by atoms with Gasteiger partial charge in [0.15, 0.2) is 0 Å². The number of hydrogen-bond acceptors (Lipinski definition) is 12. The zero-order valence-corrected chi connectivity index (χ0v) is 27.9. The van der Waals surface area contributed by atoms with Crippen LogP contribution in [-0.4, -0.2) is 60.9 Å². The number of ether oxygens (including phenoxy) is 4. The van der Waals surface area contributed by atoms with Crippen LogP contribution in [-0.2, 0) is 47.8 Å². The lowest BCUT2D eigenvalue weighted by atomic mass is 10.2. The maximum atomic E-state index is 11.6. The lowest BCUT2D eigenvalue weighted by Crippen LogP contribution is -2.40. The number of esters is 5. The highest BCUT2D eigenvalue weighted by Gasteiger charge is 2.14. The Labute approximate surface area is 278 Å². The van der Waals surface area contributed by atoms with Crippen LogP contribution in [0.4, 0.5) is 0 Å². The molecule has 0 bridgehead atoms. The fourth-order valence-corrected chi connectivity index (χ4v) is 2.06. The lowest BCUT2D eigenvalue weighted by Gasteiger charge is -2.05. The average molecular weight is 669 g/mol. The van der Waals surface area contributed by atoms with Crippen molar-refractivity contribution >= 4 is 47.6 Å². The summed E-state index contributed by atoms with van der Waals surface area (Å²) >= 11 is 0. The first-order valence-electron chi connectivity index (χ1n) is 13.6. The van der Waals surface area contributed by atoms with Gasteiger partial charge >= 0.3 is 29.8 Å². The molecule has 48 heavy (non-hydrogen) atoms. The molecule has 0 saturated heterocycles. The molecule has 1 aromatic rings. The van der Waals surface area contributed by atoms with Gasteiger partial charge in [-0.1, -0.05) is 39.5 Å². The summed E-state index contributed by atoms with van der Waals surface area (Å²) in [5.41, 5.74) is 1.60. The van der Waals surface area contributed by atoms with Gasteiger partial charge in [0.25, 0.3) is 5.91 Å². The molecule has 1 aromatic carbocycles. The molecule has 0 aliphatic heterocycles. The fourth-order valence-electron chi connectivity index (χ4n) is 2.06. The molecule has 258 valence electrons. The van der Waals surface area contributed by atoms with Crippen LogP contribution >= 0.6 is 0 Å². The number of benzene rings is 1. The van der Waals surface area contributed by atoms with E-state index in [1.807, 2.05) is 0 Å². The maximum Gasteiger partial charge on any atom is 0.346 e. The van der Waals surface area contributed by atoms with Crippen molar-refractivity contribution in [2.75, 3.05) is 13.3 Å². The third-order valence-electron chi connectivity index (χ3n) is 4.70. The molecule has 0 aromatic heterocycles. The molecular weight excluding hydrogens is 628 g/mol. The van der Waals surface area contributed by atoms with E-state index >= 15 is 0 Å². The van der Waals surface area contributed by atoms with Gasteiger partial charge in [-0.2, -0.15) is 0 Å². The van der Waals surface area contributed by atoms with Crippen LogP contribution in [0.5, 0.6) is 5.75 Å². The Balaban J connectivity index is 0. The first kappa shape index (κ1) is 43.9. The summed E-state index contributed by atoms with van der Waals surface area (Å²) in [7, 11) is 0. The second kappa shape index (κ2) is 22.3. The SMILES string of the molecule is C=C(C)C(=O)NCC(=O)NC(=O)C(=C)C.C=C(C)C(=O)OC(=O)c1ccc(OC(=O)C(=C)C)cc1.C=C(C)C(=O)OCOC(=O)C(=C)C. The van der Waals surface area contributed by atoms with Crippen molar-refractivity contribution in [3.05, 3.63) is 103 Å². The van der Waals surface area contributed by atoms with Gasteiger partial charge in [-0.15, -0.1) is 0 Å². The van der Waals surface area contributed by atoms with Crippen molar-refractivity contribution in [2.45, 2.75) is 41.5 Å². The molecular formula is C34H40N2O12. The number of carbonyl (C=O) groups is 8. The van der Waals surface area contributed by atoms with Crippen molar-refractivity contribution in [1.82, 2.24) is 10.6 Å². The Morgan fingerprint density at radius 3 is 1.35 bits per heavy atom. The summed E-state index contributed by atoms with van der Waals surface area (Å²) in [6.07, 6.45) is 0. The standard InChI is InChI=1S/C15H14O5.C10H14N2O3.C9H12O4/c1-9(2)13(16)19-12-7-5-11(6-8-12)15(18)20-14(17)10(3)4;1-6(2)9(14)11-5-8(13)12-10(15)7(3)4;1-6(2)8(10)12-5-13-9(11)7(3)4/h5-8H,1,3H2,2,4H3;1,3,5H2,2,4H3,(H,11,14)(H,12,13,15);1,3,5H2,2,4H3. The zero-order valence-electron chi connectivity index (χ0n) is 27.9. The van der Waals surface area contributed by atoms with Crippen molar-refractivity contribution in [3.63, 3.8) is 0 Å². The van der Waals surface area contributed by atoms with Crippen molar-refractivity contribution in [3.8, 4) is 5.75 Å². The van der Waals surface area contributed by atoms with Crippen molar-refractivity contribution in [2.24, 2.45) is 0 Å². The summed E-state index contributed by atoms with van der Waals surface area (Å²) in [6, 6.07) is 5.61. The molecule has 0 spiro atoms. The summed E-state index contributed by atoms with van der Waals surface area (Å²) in [6.45, 7) is 28.6. The molecule has 0 atom stereocenters. The second-order valence-corrected chi connectivity index (χ2v) is 9.81. The number of rotatable bonds is 12. The summed E-state index contributed by atoms with van der Waals surface area (Å²) in [4.78, 5) is 88.6. The van der Waals surface area contributed by atoms with Crippen LogP contribution in [0.15, 0.2) is 97.2 Å². The summed E-state index contributed by atoms with van der Waals surface area (Å²) in [5, 5.41) is 4.35. The minimum Gasteiger partial charge on any atom is -0.425 e. The molecule has 0 unspecified atom stereocenters. The van der Waals surface area contributed by atoms with E-state index in [-0.39, 0.29) is 45.7 Å². The monoisotopic (exact) mass is 668 g/mol. The number of carbonyl (C=O) groups excluding carboxylic acids is 8. The number of hydrogen-bond donors (Lipinski definition) is 2. The van der Waals surface area contributed by atoms with E-state index < -0.39 is 54.4 Å². The smallest absolute Gasteiger partial charge is 0.346 e. The Morgan fingerprint density at radius 2 is 0.979 bits per heavy atom. The maximum absolute atomic E-state index is 11.6. The summed E-state index contributed by atoms with van der Waals surface area (Å²) < 4.78 is 18.5. The second-order valence-electron chi connectivity index (χ2n) is 9.81. The quantitative estimate of drug-likeness (QED) is 0.108. The first-order chi connectivity index (χ1) is 22.1. The Kier molecular flexibility index (Phi) is 20.5. The van der Waals surface area contributed by atoms with Crippen LogP contribution in [0.1, 0.15) is 51.9 Å². The van der Waals surface area contributed by atoms with Gasteiger partial charge in [-0.25, -0.2) is 24.0 Å². The third-order valence-corrected chi connectivity index (χ3v) is 4.70. The van der Waals surface area contributed by atoms with Gasteiger partial charge in [0.1, 0.15) is 5.75 Å². The minimum absolute atomic E-state index is 0.130. The number of amides is 3. The Hall–Kier alpha value is -6.18. The van der Waals surface area contributed by atoms with E-state index in [1.54, 1.807) is 0 Å². The molecule has 2 N–H and O–H groups in total. The molecule has 1 rings (SSSR count). The largest absolute Gasteiger partial charge is 0.425 e. The highest BCUT2D eigenvalue weighted by Crippen LogP contribution is 2.14. The average Bonchev–Trinajstić information content (AvgIpc) is 3.00. The minimum atomic E-state index is -0.796. The van der Waals surface area contributed by atoms with E-state index in [0.717, 1.165) is 0 Å². The van der Waals surface area contributed by atoms with Crippen LogP contribution < -0.4 is 15.4 Å². The topological polar surface area (TPSA) is 198 Å². The number of nitrogens with one attached hydrogen (secondary N) is 2. The zero-order chi connectivity index (χ0) is 37.7. The van der Waals surface area contributed by atoms with E-state index in [2.05, 4.69) is 64.3 Å². The molecule has 0 heterocycles. The van der Waals surface area contributed by atoms with Crippen LogP contribution in [0.25, 0.3) is 0 Å². The van der Waals surface area contributed by atoms with Gasteiger partial charge in [0.05, 0.1) is 12.1 Å². The van der Waals surface area contributed by atoms with E-state index in [1.165, 1.54) is 65.8 Å². The highest BCUT2D eigenvalue weighted by molar-refractivity contribution is 6.05. The molecule has 0 fully saturated rings. The van der Waals surface area contributed by atoms with Gasteiger partial charge in [0.2, 0.25) is 18.6 Å². The molecule has 3 amide bonds. The van der Waals surface area contributed by atoms with Crippen LogP contribution in [0.3, 0.4) is 0 Å². The van der Waals surface area contributed by atoms with Gasteiger partial charge in [-0.3, -0.25) is 19.7 Å². The molecule has 14 nitrogen and oxygen atoms in total. The predicted molar refractivity (Wildman–Crippen MR) is 175 cm³/mol. The van der Waals surface area contributed by atoms with E-state index in [4.69, 9.17) is 4.74 Å². The van der Waals surface area contributed by atoms with Gasteiger partial charge < -0.3 is 24.3 Å². The first-order valence-corrected chi connectivity index (χ1v) is 13.6. The van der Waals surface area contributed by atoms with E-state index in [9.17, 15) is 38.4 Å². The van der Waals surface area contributed by atoms with Crippen molar-refractivity contribution < 1.29 is 57.3 Å². The third kappa shape index (κ3) is 20.0.